The molecule has 0 aliphatic rings. The Hall–Kier alpha value is -3.12. The molecule has 0 fully saturated rings. The van der Waals surface area contributed by atoms with Crippen molar-refractivity contribution in [1.82, 2.24) is 19.6 Å². The fourth-order valence-electron chi connectivity index (χ4n) is 2.83. The second-order valence-electron chi connectivity index (χ2n) is 6.10. The summed E-state index contributed by atoms with van der Waals surface area (Å²) in [7, 11) is 0. The topological polar surface area (TPSA) is 64.3 Å². The summed E-state index contributed by atoms with van der Waals surface area (Å²) >= 11 is 6.17. The van der Waals surface area contributed by atoms with Crippen molar-refractivity contribution in [2.75, 3.05) is 5.32 Å². The van der Waals surface area contributed by atoms with E-state index in [0.717, 1.165) is 22.6 Å². The lowest BCUT2D eigenvalue weighted by Crippen LogP contribution is -2.09. The van der Waals surface area contributed by atoms with Gasteiger partial charge in [0, 0.05) is 18.3 Å². The second-order valence-corrected chi connectivity index (χ2v) is 6.50. The highest BCUT2D eigenvalue weighted by molar-refractivity contribution is 6.32. The van der Waals surface area contributed by atoms with Crippen LogP contribution in [0.3, 0.4) is 0 Å². The van der Waals surface area contributed by atoms with Gasteiger partial charge in [0.05, 0.1) is 5.02 Å². The molecule has 7 heteroatoms. The van der Waals surface area contributed by atoms with Gasteiger partial charge in [-0.2, -0.15) is 14.6 Å². The molecule has 4 aromatic rings. The number of benzene rings is 2. The summed E-state index contributed by atoms with van der Waals surface area (Å²) < 4.78 is 7.59. The first-order chi connectivity index (χ1) is 13.2. The monoisotopic (exact) mass is 379 g/mol. The van der Waals surface area contributed by atoms with Gasteiger partial charge in [0.25, 0.3) is 5.78 Å². The van der Waals surface area contributed by atoms with E-state index in [1.807, 2.05) is 49.4 Å². The molecule has 0 radical (unpaired) electrons. The Morgan fingerprint density at radius 1 is 1.07 bits per heavy atom. The average Bonchev–Trinajstić information content (AvgIpc) is 3.14. The molecule has 4 rings (SSSR count). The number of aryl methyl sites for hydroxylation is 1. The first kappa shape index (κ1) is 17.3. The van der Waals surface area contributed by atoms with Crippen LogP contribution in [-0.2, 0) is 13.2 Å². The summed E-state index contributed by atoms with van der Waals surface area (Å²) in [6, 6.07) is 17.6. The summed E-state index contributed by atoms with van der Waals surface area (Å²) in [4.78, 5) is 8.51. The van der Waals surface area contributed by atoms with Crippen molar-refractivity contribution in [3.8, 4) is 5.75 Å². The Kier molecular flexibility index (Phi) is 4.89. The van der Waals surface area contributed by atoms with E-state index in [0.29, 0.717) is 29.7 Å². The van der Waals surface area contributed by atoms with Crippen LogP contribution in [0, 0.1) is 6.92 Å². The third kappa shape index (κ3) is 3.85. The SMILES string of the molecule is Cc1cc(NCc2ccccc2COc2ccccc2Cl)n2ncnc2n1. The molecular formula is C20H18ClN5O. The van der Waals surface area contributed by atoms with Gasteiger partial charge in [0.1, 0.15) is 24.5 Å². The molecule has 0 saturated carbocycles. The first-order valence-electron chi connectivity index (χ1n) is 8.56. The van der Waals surface area contributed by atoms with Crippen molar-refractivity contribution in [3.63, 3.8) is 0 Å². The molecule has 136 valence electrons. The van der Waals surface area contributed by atoms with Crippen LogP contribution < -0.4 is 10.1 Å². The van der Waals surface area contributed by atoms with Crippen LogP contribution in [0.2, 0.25) is 5.02 Å². The molecule has 2 aromatic carbocycles. The van der Waals surface area contributed by atoms with Crippen LogP contribution >= 0.6 is 11.6 Å². The fraction of sp³-hybridized carbons (Fsp3) is 0.150. The number of anilines is 1. The number of ether oxygens (including phenoxy) is 1. The first-order valence-corrected chi connectivity index (χ1v) is 8.94. The molecule has 0 atom stereocenters. The van der Waals surface area contributed by atoms with E-state index < -0.39 is 0 Å². The van der Waals surface area contributed by atoms with E-state index in [-0.39, 0.29) is 0 Å². The zero-order valence-corrected chi connectivity index (χ0v) is 15.5. The summed E-state index contributed by atoms with van der Waals surface area (Å²) in [5.41, 5.74) is 3.10. The van der Waals surface area contributed by atoms with E-state index in [1.54, 1.807) is 4.52 Å². The number of fused-ring (bicyclic) bond motifs is 1. The summed E-state index contributed by atoms with van der Waals surface area (Å²) in [6.07, 6.45) is 1.50. The molecule has 2 heterocycles. The molecule has 0 aliphatic heterocycles. The van der Waals surface area contributed by atoms with Crippen molar-refractivity contribution in [3.05, 3.63) is 82.8 Å². The quantitative estimate of drug-likeness (QED) is 0.541. The lowest BCUT2D eigenvalue weighted by molar-refractivity contribution is 0.305. The van der Waals surface area contributed by atoms with Crippen LogP contribution in [0.1, 0.15) is 16.8 Å². The zero-order chi connectivity index (χ0) is 18.6. The lowest BCUT2D eigenvalue weighted by Gasteiger charge is -2.14. The van der Waals surface area contributed by atoms with Gasteiger partial charge in [-0.05, 0) is 30.2 Å². The van der Waals surface area contributed by atoms with E-state index in [4.69, 9.17) is 16.3 Å². The molecule has 0 saturated heterocycles. The Bertz CT molecular complexity index is 1080. The van der Waals surface area contributed by atoms with Gasteiger partial charge >= 0.3 is 0 Å². The Morgan fingerprint density at radius 2 is 1.85 bits per heavy atom. The minimum absolute atomic E-state index is 0.440. The van der Waals surface area contributed by atoms with Gasteiger partial charge < -0.3 is 10.1 Å². The van der Waals surface area contributed by atoms with Crippen LogP contribution in [0.15, 0.2) is 60.9 Å². The standard InChI is InChI=1S/C20H18ClN5O/c1-14-10-19(26-20(25-14)23-13-24-26)22-11-15-6-2-3-7-16(15)12-27-18-9-5-4-8-17(18)21/h2-10,13,22H,11-12H2,1H3. The molecule has 6 nitrogen and oxygen atoms in total. The highest BCUT2D eigenvalue weighted by Crippen LogP contribution is 2.24. The van der Waals surface area contributed by atoms with Gasteiger partial charge in [0.15, 0.2) is 0 Å². The third-order valence-corrected chi connectivity index (χ3v) is 4.49. The minimum Gasteiger partial charge on any atom is -0.487 e. The van der Waals surface area contributed by atoms with Gasteiger partial charge in [-0.25, -0.2) is 4.98 Å². The van der Waals surface area contributed by atoms with Crippen LogP contribution in [0.5, 0.6) is 5.75 Å². The predicted molar refractivity (Wildman–Crippen MR) is 105 cm³/mol. The highest BCUT2D eigenvalue weighted by Gasteiger charge is 2.08. The Balaban J connectivity index is 1.51. The molecule has 0 unspecified atom stereocenters. The van der Waals surface area contributed by atoms with E-state index >= 15 is 0 Å². The smallest absolute Gasteiger partial charge is 0.254 e. The molecule has 0 bridgehead atoms. The second kappa shape index (κ2) is 7.63. The van der Waals surface area contributed by atoms with Crippen molar-refractivity contribution >= 4 is 23.2 Å². The van der Waals surface area contributed by atoms with E-state index in [1.165, 1.54) is 6.33 Å². The predicted octanol–water partition coefficient (Wildman–Crippen LogP) is 4.28. The Labute approximate surface area is 161 Å². The minimum atomic E-state index is 0.440. The molecular weight excluding hydrogens is 362 g/mol. The summed E-state index contributed by atoms with van der Waals surface area (Å²) in [5, 5.41) is 8.25. The molecule has 0 amide bonds. The number of para-hydroxylation sites is 1. The number of rotatable bonds is 6. The maximum atomic E-state index is 6.17. The number of nitrogens with zero attached hydrogens (tertiary/aromatic N) is 4. The molecule has 27 heavy (non-hydrogen) atoms. The maximum Gasteiger partial charge on any atom is 0.254 e. The van der Waals surface area contributed by atoms with Crippen molar-refractivity contribution in [2.24, 2.45) is 0 Å². The number of hydrogen-bond donors (Lipinski definition) is 1. The molecule has 2 aromatic heterocycles. The summed E-state index contributed by atoms with van der Waals surface area (Å²) in [6.45, 7) is 3.00. The van der Waals surface area contributed by atoms with Gasteiger partial charge in [-0.3, -0.25) is 0 Å². The maximum absolute atomic E-state index is 6.17. The van der Waals surface area contributed by atoms with Crippen LogP contribution in [-0.4, -0.2) is 19.6 Å². The van der Waals surface area contributed by atoms with Crippen LogP contribution in [0.4, 0.5) is 5.82 Å². The van der Waals surface area contributed by atoms with Gasteiger partial charge in [-0.15, -0.1) is 0 Å². The summed E-state index contributed by atoms with van der Waals surface area (Å²) in [5.74, 6) is 2.10. The third-order valence-electron chi connectivity index (χ3n) is 4.18. The van der Waals surface area contributed by atoms with Crippen molar-refractivity contribution < 1.29 is 4.74 Å². The fourth-order valence-corrected chi connectivity index (χ4v) is 3.02. The van der Waals surface area contributed by atoms with Gasteiger partial charge in [-0.1, -0.05) is 48.0 Å². The van der Waals surface area contributed by atoms with Crippen LogP contribution in [0.25, 0.3) is 5.78 Å². The highest BCUT2D eigenvalue weighted by atomic mass is 35.5. The normalized spacial score (nSPS) is 10.9. The molecule has 0 aliphatic carbocycles. The largest absolute Gasteiger partial charge is 0.487 e. The zero-order valence-electron chi connectivity index (χ0n) is 14.8. The lowest BCUT2D eigenvalue weighted by atomic mass is 10.1. The van der Waals surface area contributed by atoms with E-state index in [2.05, 4.69) is 32.5 Å². The van der Waals surface area contributed by atoms with Gasteiger partial charge in [0.2, 0.25) is 0 Å². The van der Waals surface area contributed by atoms with Crippen molar-refractivity contribution in [1.29, 1.82) is 0 Å². The number of aromatic nitrogens is 4. The van der Waals surface area contributed by atoms with Crippen molar-refractivity contribution in [2.45, 2.75) is 20.1 Å². The molecule has 0 spiro atoms. The number of nitrogens with one attached hydrogen (secondary N) is 1. The molecule has 1 N–H and O–H groups in total. The average molecular weight is 380 g/mol. The van der Waals surface area contributed by atoms with E-state index in [9.17, 15) is 0 Å². The Morgan fingerprint density at radius 3 is 2.70 bits per heavy atom. The number of halogens is 1. The number of hydrogen-bond acceptors (Lipinski definition) is 5.